The predicted molar refractivity (Wildman–Crippen MR) is 134 cm³/mol. The van der Waals surface area contributed by atoms with E-state index in [0.717, 1.165) is 44.9 Å². The number of rotatable bonds is 18. The van der Waals surface area contributed by atoms with Gasteiger partial charge in [0.1, 0.15) is 5.60 Å². The molecule has 0 spiro atoms. The Labute approximate surface area is 196 Å². The standard InChI is InChI=1S/C27H47NO4/c1-5-6-7-8-9-10-11-12-13-14-15-16-17-18-19-20-21-24(25(29)30)22-23-28-26(31)32-27(2,3)4/h6-7,9-10,12-13,24H,5,8,11,14-23H2,1-4H3,(H,28,31)(H,29,30)/b7-6+,10-9+,13-12+. The highest BCUT2D eigenvalue weighted by Crippen LogP contribution is 2.16. The van der Waals surface area contributed by atoms with Crippen molar-refractivity contribution in [1.82, 2.24) is 5.32 Å². The fourth-order valence-corrected chi connectivity index (χ4v) is 3.24. The summed E-state index contributed by atoms with van der Waals surface area (Å²) in [4.78, 5) is 23.1. The van der Waals surface area contributed by atoms with E-state index >= 15 is 0 Å². The van der Waals surface area contributed by atoms with Crippen molar-refractivity contribution in [2.75, 3.05) is 6.54 Å². The molecule has 0 fully saturated rings. The highest BCUT2D eigenvalue weighted by atomic mass is 16.6. The van der Waals surface area contributed by atoms with Gasteiger partial charge in [-0.05, 0) is 65.7 Å². The lowest BCUT2D eigenvalue weighted by Gasteiger charge is -2.20. The summed E-state index contributed by atoms with van der Waals surface area (Å²) >= 11 is 0. The molecule has 2 N–H and O–H groups in total. The van der Waals surface area contributed by atoms with Gasteiger partial charge in [0.2, 0.25) is 0 Å². The molecule has 0 aliphatic rings. The Bertz CT molecular complexity index is 573. The van der Waals surface area contributed by atoms with Crippen molar-refractivity contribution in [3.63, 3.8) is 0 Å². The lowest BCUT2D eigenvalue weighted by molar-refractivity contribution is -0.142. The van der Waals surface area contributed by atoms with Crippen LogP contribution in [0.15, 0.2) is 36.5 Å². The molecule has 1 unspecified atom stereocenters. The molecule has 0 aromatic heterocycles. The Morgan fingerprint density at radius 2 is 1.41 bits per heavy atom. The van der Waals surface area contributed by atoms with Crippen LogP contribution in [0, 0.1) is 5.92 Å². The van der Waals surface area contributed by atoms with Gasteiger partial charge in [-0.25, -0.2) is 4.79 Å². The third-order valence-corrected chi connectivity index (χ3v) is 4.96. The molecule has 0 aromatic rings. The number of amides is 1. The average molecular weight is 450 g/mol. The van der Waals surface area contributed by atoms with Crippen molar-refractivity contribution in [2.24, 2.45) is 5.92 Å². The molecule has 0 saturated heterocycles. The number of alkyl carbamates (subject to hydrolysis) is 1. The van der Waals surface area contributed by atoms with E-state index in [2.05, 4.69) is 48.7 Å². The number of hydrogen-bond acceptors (Lipinski definition) is 3. The summed E-state index contributed by atoms with van der Waals surface area (Å²) in [6, 6.07) is 0. The van der Waals surface area contributed by atoms with E-state index in [9.17, 15) is 14.7 Å². The van der Waals surface area contributed by atoms with E-state index in [0.29, 0.717) is 19.4 Å². The number of carboxylic acids is 1. The van der Waals surface area contributed by atoms with Crippen molar-refractivity contribution in [3.8, 4) is 0 Å². The number of unbranched alkanes of at least 4 members (excludes halogenated alkanes) is 6. The van der Waals surface area contributed by atoms with Crippen LogP contribution in [0.3, 0.4) is 0 Å². The molecule has 0 heterocycles. The number of carbonyl (C=O) groups is 2. The largest absolute Gasteiger partial charge is 0.481 e. The van der Waals surface area contributed by atoms with Gasteiger partial charge in [0.25, 0.3) is 0 Å². The summed E-state index contributed by atoms with van der Waals surface area (Å²) in [5.41, 5.74) is -0.546. The first kappa shape index (κ1) is 30.0. The van der Waals surface area contributed by atoms with E-state index in [1.807, 2.05) is 0 Å². The second-order valence-electron chi connectivity index (χ2n) is 9.25. The van der Waals surface area contributed by atoms with Crippen LogP contribution in [-0.4, -0.2) is 29.3 Å². The zero-order chi connectivity index (χ0) is 24.1. The first-order chi connectivity index (χ1) is 15.3. The van der Waals surface area contributed by atoms with Gasteiger partial charge in [0, 0.05) is 6.54 Å². The summed E-state index contributed by atoms with van der Waals surface area (Å²) in [6.07, 6.45) is 25.0. The average Bonchev–Trinajstić information content (AvgIpc) is 2.70. The molecule has 0 aliphatic heterocycles. The second kappa shape index (κ2) is 19.6. The van der Waals surface area contributed by atoms with Gasteiger partial charge in [0.05, 0.1) is 5.92 Å². The highest BCUT2D eigenvalue weighted by Gasteiger charge is 2.19. The van der Waals surface area contributed by atoms with Gasteiger partial charge < -0.3 is 15.2 Å². The Kier molecular flexibility index (Phi) is 18.4. The number of aliphatic carboxylic acids is 1. The van der Waals surface area contributed by atoms with Crippen LogP contribution < -0.4 is 5.32 Å². The molecule has 0 aliphatic carbocycles. The normalized spacial score (nSPS) is 13.2. The van der Waals surface area contributed by atoms with Gasteiger partial charge >= 0.3 is 12.1 Å². The number of nitrogens with one attached hydrogen (secondary N) is 1. The smallest absolute Gasteiger partial charge is 0.407 e. The van der Waals surface area contributed by atoms with Crippen LogP contribution in [-0.2, 0) is 9.53 Å². The summed E-state index contributed by atoms with van der Waals surface area (Å²) in [5, 5.41) is 12.0. The lowest BCUT2D eigenvalue weighted by atomic mass is 9.97. The Hall–Kier alpha value is -2.04. The quantitative estimate of drug-likeness (QED) is 0.167. The van der Waals surface area contributed by atoms with E-state index < -0.39 is 23.6 Å². The lowest BCUT2D eigenvalue weighted by Crippen LogP contribution is -2.34. The molecule has 0 aromatic carbocycles. The molecule has 0 radical (unpaired) electrons. The van der Waals surface area contributed by atoms with Gasteiger partial charge in [-0.1, -0.05) is 75.5 Å². The van der Waals surface area contributed by atoms with Crippen LogP contribution in [0.4, 0.5) is 4.79 Å². The second-order valence-corrected chi connectivity index (χ2v) is 9.25. The van der Waals surface area contributed by atoms with Crippen molar-refractivity contribution < 1.29 is 19.4 Å². The van der Waals surface area contributed by atoms with E-state index in [4.69, 9.17) is 4.74 Å². The number of ether oxygens (including phenoxy) is 1. The molecule has 1 amide bonds. The molecule has 0 saturated carbocycles. The molecule has 5 nitrogen and oxygen atoms in total. The minimum Gasteiger partial charge on any atom is -0.481 e. The molecule has 0 rings (SSSR count). The minimum atomic E-state index is -0.782. The first-order valence-corrected chi connectivity index (χ1v) is 12.4. The monoisotopic (exact) mass is 449 g/mol. The summed E-state index contributed by atoms with van der Waals surface area (Å²) in [6.45, 7) is 7.88. The van der Waals surface area contributed by atoms with Gasteiger partial charge in [-0.15, -0.1) is 0 Å². The molecular formula is C27H47NO4. The Morgan fingerprint density at radius 3 is 2.00 bits per heavy atom. The molecule has 0 bridgehead atoms. The summed E-state index contributed by atoms with van der Waals surface area (Å²) in [7, 11) is 0. The predicted octanol–water partition coefficient (Wildman–Crippen LogP) is 7.58. The highest BCUT2D eigenvalue weighted by molar-refractivity contribution is 5.70. The number of allylic oxidation sites excluding steroid dienone is 6. The van der Waals surface area contributed by atoms with Crippen LogP contribution in [0.25, 0.3) is 0 Å². The maximum Gasteiger partial charge on any atom is 0.407 e. The Morgan fingerprint density at radius 1 is 0.844 bits per heavy atom. The van der Waals surface area contributed by atoms with Crippen LogP contribution in [0.2, 0.25) is 0 Å². The first-order valence-electron chi connectivity index (χ1n) is 12.4. The zero-order valence-electron chi connectivity index (χ0n) is 20.9. The number of carboxylic acid groups (broad SMARTS) is 1. The van der Waals surface area contributed by atoms with Crippen molar-refractivity contribution in [1.29, 1.82) is 0 Å². The topological polar surface area (TPSA) is 75.6 Å². The van der Waals surface area contributed by atoms with E-state index in [1.54, 1.807) is 20.8 Å². The number of carbonyl (C=O) groups excluding carboxylic acids is 1. The van der Waals surface area contributed by atoms with E-state index in [-0.39, 0.29) is 0 Å². The summed E-state index contributed by atoms with van der Waals surface area (Å²) < 4.78 is 5.17. The fourth-order valence-electron chi connectivity index (χ4n) is 3.24. The molecule has 184 valence electrons. The maximum atomic E-state index is 11.6. The van der Waals surface area contributed by atoms with Crippen molar-refractivity contribution in [3.05, 3.63) is 36.5 Å². The van der Waals surface area contributed by atoms with Gasteiger partial charge in [-0.3, -0.25) is 4.79 Å². The molecule has 32 heavy (non-hydrogen) atoms. The third kappa shape index (κ3) is 21.2. The number of hydrogen-bond donors (Lipinski definition) is 2. The molecular weight excluding hydrogens is 402 g/mol. The van der Waals surface area contributed by atoms with Crippen molar-refractivity contribution >= 4 is 12.1 Å². The molecule has 1 atom stereocenters. The zero-order valence-corrected chi connectivity index (χ0v) is 20.9. The van der Waals surface area contributed by atoms with Gasteiger partial charge in [-0.2, -0.15) is 0 Å². The van der Waals surface area contributed by atoms with Gasteiger partial charge in [0.15, 0.2) is 0 Å². The minimum absolute atomic E-state index is 0.324. The van der Waals surface area contributed by atoms with Crippen LogP contribution in [0.5, 0.6) is 0 Å². The van der Waals surface area contributed by atoms with Crippen molar-refractivity contribution in [2.45, 2.75) is 110 Å². The summed E-state index contributed by atoms with van der Waals surface area (Å²) in [5.74, 6) is -1.19. The van der Waals surface area contributed by atoms with Crippen LogP contribution >= 0.6 is 0 Å². The van der Waals surface area contributed by atoms with Crippen LogP contribution in [0.1, 0.15) is 105 Å². The third-order valence-electron chi connectivity index (χ3n) is 4.96. The van der Waals surface area contributed by atoms with E-state index in [1.165, 1.54) is 19.3 Å². The molecule has 5 heteroatoms. The Balaban J connectivity index is 3.69. The fraction of sp³-hybridized carbons (Fsp3) is 0.704. The SMILES string of the molecule is CC/C=C/C/C=C/C/C=C/CCCCCCCCC(CCNC(=O)OC(C)(C)C)C(=O)O. The maximum absolute atomic E-state index is 11.6.